The van der Waals surface area contributed by atoms with E-state index in [1.807, 2.05) is 0 Å². The lowest BCUT2D eigenvalue weighted by molar-refractivity contribution is -0.205. The van der Waals surface area contributed by atoms with Crippen molar-refractivity contribution in [3.05, 3.63) is 24.5 Å². The van der Waals surface area contributed by atoms with Crippen LogP contribution in [0.2, 0.25) is 0 Å². The number of rotatable bonds is 5. The average Bonchev–Trinajstić information content (AvgIpc) is 2.75. The van der Waals surface area contributed by atoms with Crippen LogP contribution in [0.15, 0.2) is 24.5 Å². The molecule has 6 heteroatoms. The molecule has 0 aromatic carbocycles. The molecular formula is C14H18O6. The summed E-state index contributed by atoms with van der Waals surface area (Å²) in [5.41, 5.74) is 0. The van der Waals surface area contributed by atoms with Gasteiger partial charge in [0.1, 0.15) is 11.5 Å². The van der Waals surface area contributed by atoms with Crippen LogP contribution < -0.4 is 0 Å². The Morgan fingerprint density at radius 2 is 2.00 bits per heavy atom. The van der Waals surface area contributed by atoms with Crippen molar-refractivity contribution in [1.29, 1.82) is 0 Å². The van der Waals surface area contributed by atoms with E-state index in [1.165, 1.54) is 12.2 Å². The first-order valence-corrected chi connectivity index (χ1v) is 6.40. The molecule has 0 aliphatic carbocycles. The average molecular weight is 282 g/mol. The molecular weight excluding hydrogens is 264 g/mol. The lowest BCUT2D eigenvalue weighted by atomic mass is 10.1. The molecule has 0 radical (unpaired) electrons. The summed E-state index contributed by atoms with van der Waals surface area (Å²) in [7, 11) is 0. The molecule has 1 fully saturated rings. The Kier molecular flexibility index (Phi) is 3.96. The fraction of sp³-hybridized carbons (Fsp3) is 0.571. The smallest absolute Gasteiger partial charge is 0.337 e. The third-order valence-electron chi connectivity index (χ3n) is 2.90. The Hall–Kier alpha value is -1.66. The topological polar surface area (TPSA) is 71.1 Å². The van der Waals surface area contributed by atoms with Gasteiger partial charge in [0.15, 0.2) is 5.79 Å². The van der Waals surface area contributed by atoms with Crippen LogP contribution in [0.1, 0.15) is 26.7 Å². The van der Waals surface area contributed by atoms with Crippen LogP contribution in [-0.2, 0) is 28.5 Å². The van der Waals surface area contributed by atoms with Gasteiger partial charge in [-0.3, -0.25) is 4.79 Å². The van der Waals surface area contributed by atoms with Crippen molar-refractivity contribution < 1.29 is 28.5 Å². The maximum atomic E-state index is 12.1. The molecule has 2 rings (SSSR count). The highest BCUT2D eigenvalue weighted by molar-refractivity contribution is 5.87. The predicted octanol–water partition coefficient (Wildman–Crippen LogP) is 1.46. The summed E-state index contributed by atoms with van der Waals surface area (Å²) in [6, 6.07) is 0. The summed E-state index contributed by atoms with van der Waals surface area (Å²) in [5.74, 6) is -2.51. The summed E-state index contributed by atoms with van der Waals surface area (Å²) < 4.78 is 21.2. The predicted molar refractivity (Wildman–Crippen MR) is 68.4 cm³/mol. The van der Waals surface area contributed by atoms with Gasteiger partial charge in [0.2, 0.25) is 5.79 Å². The van der Waals surface area contributed by atoms with Gasteiger partial charge in [-0.2, -0.15) is 0 Å². The quantitative estimate of drug-likeness (QED) is 0.561. The van der Waals surface area contributed by atoms with Crippen LogP contribution in [0.4, 0.5) is 0 Å². The van der Waals surface area contributed by atoms with Crippen molar-refractivity contribution in [2.75, 3.05) is 13.2 Å². The van der Waals surface area contributed by atoms with Crippen LogP contribution >= 0.6 is 0 Å². The number of Topliss-reactive ketones (excluding diaryl/α,β-unsaturated/α-hetero) is 1. The summed E-state index contributed by atoms with van der Waals surface area (Å²) >= 11 is 0. The van der Waals surface area contributed by atoms with Crippen molar-refractivity contribution >= 4 is 11.8 Å². The standard InChI is InChI=1S/C14H18O6/c1-4-14(17-5-6-18-14)9-10(15)7-11-8-12(16)20-13(2,3)19-11/h4,8H,1,5-7,9H2,2-3H3. The third-order valence-corrected chi connectivity index (χ3v) is 2.90. The van der Waals surface area contributed by atoms with E-state index in [1.54, 1.807) is 13.8 Å². The van der Waals surface area contributed by atoms with Gasteiger partial charge in [0.05, 0.1) is 32.1 Å². The Labute approximate surface area is 117 Å². The highest BCUT2D eigenvalue weighted by Gasteiger charge is 2.37. The highest BCUT2D eigenvalue weighted by atomic mass is 16.7. The highest BCUT2D eigenvalue weighted by Crippen LogP contribution is 2.28. The second kappa shape index (κ2) is 5.38. The Morgan fingerprint density at radius 3 is 2.55 bits per heavy atom. The van der Waals surface area contributed by atoms with Gasteiger partial charge in [-0.25, -0.2) is 4.79 Å². The van der Waals surface area contributed by atoms with Crippen molar-refractivity contribution in [2.24, 2.45) is 0 Å². The molecule has 0 aromatic rings. The Bertz CT molecular complexity index is 456. The van der Waals surface area contributed by atoms with E-state index in [0.29, 0.717) is 13.2 Å². The molecule has 0 N–H and O–H groups in total. The zero-order valence-electron chi connectivity index (χ0n) is 11.6. The summed E-state index contributed by atoms with van der Waals surface area (Å²) in [6.45, 7) is 7.70. The molecule has 110 valence electrons. The zero-order chi connectivity index (χ0) is 14.8. The second-order valence-electron chi connectivity index (χ2n) is 5.14. The lowest BCUT2D eigenvalue weighted by Crippen LogP contribution is -2.35. The van der Waals surface area contributed by atoms with Gasteiger partial charge in [0, 0.05) is 13.8 Å². The largest absolute Gasteiger partial charge is 0.456 e. The molecule has 0 spiro atoms. The minimum Gasteiger partial charge on any atom is -0.456 e. The molecule has 20 heavy (non-hydrogen) atoms. The number of hydrogen-bond donors (Lipinski definition) is 0. The van der Waals surface area contributed by atoms with Crippen molar-refractivity contribution in [3.8, 4) is 0 Å². The molecule has 0 bridgehead atoms. The minimum absolute atomic E-state index is 0.0131. The van der Waals surface area contributed by atoms with E-state index < -0.39 is 17.5 Å². The molecule has 0 atom stereocenters. The first kappa shape index (κ1) is 14.7. The van der Waals surface area contributed by atoms with Crippen LogP contribution in [-0.4, -0.2) is 36.5 Å². The monoisotopic (exact) mass is 282 g/mol. The summed E-state index contributed by atoms with van der Waals surface area (Å²) in [6.07, 6.45) is 2.68. The molecule has 2 heterocycles. The molecule has 1 saturated heterocycles. The molecule has 0 aromatic heterocycles. The van der Waals surface area contributed by atoms with E-state index in [2.05, 4.69) is 6.58 Å². The van der Waals surface area contributed by atoms with Crippen LogP contribution in [0.25, 0.3) is 0 Å². The van der Waals surface area contributed by atoms with Gasteiger partial charge < -0.3 is 18.9 Å². The first-order chi connectivity index (χ1) is 9.34. The van der Waals surface area contributed by atoms with E-state index in [0.717, 1.165) is 0 Å². The number of cyclic esters (lactones) is 1. The number of hydrogen-bond acceptors (Lipinski definition) is 6. The summed E-state index contributed by atoms with van der Waals surface area (Å²) in [4.78, 5) is 23.4. The molecule has 2 aliphatic rings. The van der Waals surface area contributed by atoms with E-state index in [-0.39, 0.29) is 24.4 Å². The normalized spacial score (nSPS) is 23.5. The SMILES string of the molecule is C=CC1(CC(=O)CC2=CC(=O)OC(C)(C)O2)OCCO1. The van der Waals surface area contributed by atoms with Gasteiger partial charge in [-0.15, -0.1) is 0 Å². The fourth-order valence-corrected chi connectivity index (χ4v) is 2.15. The lowest BCUT2D eigenvalue weighted by Gasteiger charge is -2.30. The van der Waals surface area contributed by atoms with E-state index in [4.69, 9.17) is 18.9 Å². The number of ketones is 1. The minimum atomic E-state index is -1.06. The van der Waals surface area contributed by atoms with Gasteiger partial charge in [-0.1, -0.05) is 6.58 Å². The van der Waals surface area contributed by atoms with Crippen molar-refractivity contribution in [3.63, 3.8) is 0 Å². The van der Waals surface area contributed by atoms with E-state index in [9.17, 15) is 9.59 Å². The Morgan fingerprint density at radius 1 is 1.35 bits per heavy atom. The van der Waals surface area contributed by atoms with E-state index >= 15 is 0 Å². The summed E-state index contributed by atoms with van der Waals surface area (Å²) in [5, 5.41) is 0. The van der Waals surface area contributed by atoms with Crippen LogP contribution in [0, 0.1) is 0 Å². The van der Waals surface area contributed by atoms with Crippen molar-refractivity contribution in [2.45, 2.75) is 38.3 Å². The Balaban J connectivity index is 1.98. The van der Waals surface area contributed by atoms with Crippen LogP contribution in [0.3, 0.4) is 0 Å². The third kappa shape index (κ3) is 3.46. The van der Waals surface area contributed by atoms with Gasteiger partial charge in [0.25, 0.3) is 0 Å². The fourth-order valence-electron chi connectivity index (χ4n) is 2.15. The first-order valence-electron chi connectivity index (χ1n) is 6.40. The van der Waals surface area contributed by atoms with Crippen LogP contribution in [0.5, 0.6) is 0 Å². The number of carbonyl (C=O) groups is 2. The molecule has 6 nitrogen and oxygen atoms in total. The maximum Gasteiger partial charge on any atom is 0.337 e. The zero-order valence-corrected chi connectivity index (χ0v) is 11.6. The second-order valence-corrected chi connectivity index (χ2v) is 5.14. The van der Waals surface area contributed by atoms with Gasteiger partial charge >= 0.3 is 5.97 Å². The molecule has 0 unspecified atom stereocenters. The van der Waals surface area contributed by atoms with Crippen molar-refractivity contribution in [1.82, 2.24) is 0 Å². The van der Waals surface area contributed by atoms with Gasteiger partial charge in [-0.05, 0) is 6.08 Å². The number of carbonyl (C=O) groups excluding carboxylic acids is 2. The molecule has 0 saturated carbocycles. The maximum absolute atomic E-state index is 12.1. The number of esters is 1. The molecule has 0 amide bonds. The number of ether oxygens (including phenoxy) is 4. The number of allylic oxidation sites excluding steroid dienone is 1. The molecule has 2 aliphatic heterocycles.